The molecule has 0 amide bonds. The van der Waals surface area contributed by atoms with Crippen LogP contribution in [0.1, 0.15) is 18.4 Å². The quantitative estimate of drug-likeness (QED) is 0.859. The van der Waals surface area contributed by atoms with Gasteiger partial charge in [-0.25, -0.2) is 0 Å². The van der Waals surface area contributed by atoms with Gasteiger partial charge in [-0.1, -0.05) is 18.2 Å². The van der Waals surface area contributed by atoms with Crippen LogP contribution in [0.5, 0.6) is 0 Å². The van der Waals surface area contributed by atoms with Gasteiger partial charge in [-0.05, 0) is 30.9 Å². The molecule has 0 bridgehead atoms. The number of hydrogen-bond donors (Lipinski definition) is 1. The number of nitrogens with zero attached hydrogens (tertiary/aromatic N) is 1. The van der Waals surface area contributed by atoms with Crippen LogP contribution < -0.4 is 10.6 Å². The molecule has 2 heterocycles. The minimum Gasteiger partial charge on any atom is -0.379 e. The summed E-state index contributed by atoms with van der Waals surface area (Å²) >= 11 is 0. The molecule has 1 unspecified atom stereocenters. The third kappa shape index (κ3) is 2.17. The fraction of sp³-hybridized carbons (Fsp3) is 0.571. The standard InChI is InChI=1S/C14H20N2O/c15-14(7-10-17-11-14)6-9-16-8-5-12-3-1-2-4-13(12)16/h1-4H,5-11,15H2. The van der Waals surface area contributed by atoms with E-state index in [-0.39, 0.29) is 5.54 Å². The third-order valence-corrected chi connectivity index (χ3v) is 4.00. The van der Waals surface area contributed by atoms with Gasteiger partial charge in [0.15, 0.2) is 0 Å². The summed E-state index contributed by atoms with van der Waals surface area (Å²) in [6.45, 7) is 3.74. The molecule has 1 saturated heterocycles. The Hall–Kier alpha value is -1.06. The zero-order chi connectivity index (χ0) is 11.7. The van der Waals surface area contributed by atoms with E-state index in [1.54, 1.807) is 0 Å². The maximum Gasteiger partial charge on any atom is 0.0647 e. The highest BCUT2D eigenvalue weighted by molar-refractivity contribution is 5.57. The molecule has 3 nitrogen and oxygen atoms in total. The number of benzene rings is 1. The predicted octanol–water partition coefficient (Wildman–Crippen LogP) is 1.56. The van der Waals surface area contributed by atoms with Crippen LogP contribution in [0.15, 0.2) is 24.3 Å². The van der Waals surface area contributed by atoms with E-state index in [4.69, 9.17) is 10.5 Å². The Bertz CT molecular complexity index is 399. The van der Waals surface area contributed by atoms with Gasteiger partial charge in [0.25, 0.3) is 0 Å². The Labute approximate surface area is 103 Å². The molecule has 0 spiro atoms. The van der Waals surface area contributed by atoms with Gasteiger partial charge < -0.3 is 15.4 Å². The van der Waals surface area contributed by atoms with Crippen molar-refractivity contribution in [2.24, 2.45) is 5.73 Å². The first-order valence-electron chi connectivity index (χ1n) is 6.46. The van der Waals surface area contributed by atoms with E-state index in [0.29, 0.717) is 0 Å². The molecular weight excluding hydrogens is 212 g/mol. The summed E-state index contributed by atoms with van der Waals surface area (Å²) in [6.07, 6.45) is 3.20. The molecule has 17 heavy (non-hydrogen) atoms. The van der Waals surface area contributed by atoms with E-state index in [9.17, 15) is 0 Å². The molecule has 0 saturated carbocycles. The average Bonchev–Trinajstić information content (AvgIpc) is 2.94. The van der Waals surface area contributed by atoms with Gasteiger partial charge in [-0.3, -0.25) is 0 Å². The summed E-state index contributed by atoms with van der Waals surface area (Å²) < 4.78 is 5.40. The summed E-state index contributed by atoms with van der Waals surface area (Å²) in [5, 5.41) is 0. The molecule has 1 aromatic rings. The maximum atomic E-state index is 6.31. The molecule has 3 rings (SSSR count). The van der Waals surface area contributed by atoms with Crippen LogP contribution in [0.25, 0.3) is 0 Å². The van der Waals surface area contributed by atoms with Crippen molar-refractivity contribution in [3.63, 3.8) is 0 Å². The smallest absolute Gasteiger partial charge is 0.0647 e. The van der Waals surface area contributed by atoms with Crippen LogP contribution in [0, 0.1) is 0 Å². The summed E-state index contributed by atoms with van der Waals surface area (Å²) in [6, 6.07) is 8.69. The van der Waals surface area contributed by atoms with Crippen LogP contribution in [-0.4, -0.2) is 31.8 Å². The summed E-state index contributed by atoms with van der Waals surface area (Å²) in [5.74, 6) is 0. The minimum absolute atomic E-state index is 0.0858. The van der Waals surface area contributed by atoms with Crippen LogP contribution in [0.2, 0.25) is 0 Å². The molecule has 2 aliphatic rings. The van der Waals surface area contributed by atoms with E-state index < -0.39 is 0 Å². The largest absolute Gasteiger partial charge is 0.379 e. The highest BCUT2D eigenvalue weighted by atomic mass is 16.5. The van der Waals surface area contributed by atoms with Crippen LogP contribution >= 0.6 is 0 Å². The third-order valence-electron chi connectivity index (χ3n) is 4.00. The number of fused-ring (bicyclic) bond motifs is 1. The van der Waals surface area contributed by atoms with E-state index in [2.05, 4.69) is 29.2 Å². The fourth-order valence-corrected chi connectivity index (χ4v) is 2.82. The SMILES string of the molecule is NC1(CCN2CCc3ccccc32)CCOC1. The van der Waals surface area contributed by atoms with Crippen molar-refractivity contribution >= 4 is 5.69 Å². The normalized spacial score (nSPS) is 27.5. The van der Waals surface area contributed by atoms with Crippen molar-refractivity contribution in [2.75, 3.05) is 31.2 Å². The molecule has 0 aromatic heterocycles. The Kier molecular flexibility index (Phi) is 2.81. The molecule has 1 atom stereocenters. The Morgan fingerprint density at radius 3 is 3.06 bits per heavy atom. The van der Waals surface area contributed by atoms with Crippen molar-refractivity contribution in [1.29, 1.82) is 0 Å². The van der Waals surface area contributed by atoms with E-state index in [0.717, 1.165) is 39.1 Å². The highest BCUT2D eigenvalue weighted by Crippen LogP contribution is 2.29. The second kappa shape index (κ2) is 4.31. The Balaban J connectivity index is 1.64. The monoisotopic (exact) mass is 232 g/mol. The maximum absolute atomic E-state index is 6.31. The first-order chi connectivity index (χ1) is 8.27. The van der Waals surface area contributed by atoms with Crippen LogP contribution in [0.4, 0.5) is 5.69 Å². The van der Waals surface area contributed by atoms with Crippen molar-refractivity contribution in [2.45, 2.75) is 24.8 Å². The average molecular weight is 232 g/mol. The number of rotatable bonds is 3. The van der Waals surface area contributed by atoms with E-state index >= 15 is 0 Å². The van der Waals surface area contributed by atoms with Gasteiger partial charge in [0.1, 0.15) is 0 Å². The Morgan fingerprint density at radius 2 is 2.24 bits per heavy atom. The number of ether oxygens (including phenoxy) is 1. The number of nitrogens with two attached hydrogens (primary N) is 1. The van der Waals surface area contributed by atoms with Crippen molar-refractivity contribution in [3.8, 4) is 0 Å². The van der Waals surface area contributed by atoms with Crippen molar-refractivity contribution in [1.82, 2.24) is 0 Å². The molecule has 1 fully saturated rings. The van der Waals surface area contributed by atoms with Gasteiger partial charge in [-0.15, -0.1) is 0 Å². The summed E-state index contributed by atoms with van der Waals surface area (Å²) in [4.78, 5) is 2.46. The van der Waals surface area contributed by atoms with Gasteiger partial charge in [0.2, 0.25) is 0 Å². The van der Waals surface area contributed by atoms with Gasteiger partial charge in [0, 0.05) is 30.9 Å². The van der Waals surface area contributed by atoms with E-state index in [1.165, 1.54) is 17.7 Å². The van der Waals surface area contributed by atoms with Crippen LogP contribution in [0.3, 0.4) is 0 Å². The second-order valence-corrected chi connectivity index (χ2v) is 5.28. The first kappa shape index (κ1) is 11.1. The lowest BCUT2D eigenvalue weighted by molar-refractivity contribution is 0.176. The van der Waals surface area contributed by atoms with Crippen molar-refractivity contribution in [3.05, 3.63) is 29.8 Å². The topological polar surface area (TPSA) is 38.5 Å². The van der Waals surface area contributed by atoms with Crippen LogP contribution in [-0.2, 0) is 11.2 Å². The highest BCUT2D eigenvalue weighted by Gasteiger charge is 2.31. The van der Waals surface area contributed by atoms with E-state index in [1.807, 2.05) is 0 Å². The lowest BCUT2D eigenvalue weighted by Gasteiger charge is -2.26. The fourth-order valence-electron chi connectivity index (χ4n) is 2.82. The summed E-state index contributed by atoms with van der Waals surface area (Å²) in [7, 11) is 0. The molecule has 2 aliphatic heterocycles. The number of hydrogen-bond acceptors (Lipinski definition) is 3. The minimum atomic E-state index is -0.0858. The van der Waals surface area contributed by atoms with Gasteiger partial charge in [0.05, 0.1) is 6.61 Å². The first-order valence-corrected chi connectivity index (χ1v) is 6.46. The molecule has 2 N–H and O–H groups in total. The zero-order valence-corrected chi connectivity index (χ0v) is 10.2. The Morgan fingerprint density at radius 1 is 1.35 bits per heavy atom. The van der Waals surface area contributed by atoms with Gasteiger partial charge >= 0.3 is 0 Å². The molecular formula is C14H20N2O. The summed E-state index contributed by atoms with van der Waals surface area (Å²) in [5.41, 5.74) is 9.09. The lowest BCUT2D eigenvalue weighted by Crippen LogP contribution is -2.43. The van der Waals surface area contributed by atoms with Gasteiger partial charge in [-0.2, -0.15) is 0 Å². The molecule has 92 valence electrons. The molecule has 1 aromatic carbocycles. The predicted molar refractivity (Wildman–Crippen MR) is 69.3 cm³/mol. The lowest BCUT2D eigenvalue weighted by atomic mass is 9.95. The molecule has 0 radical (unpaired) electrons. The molecule has 3 heteroatoms. The van der Waals surface area contributed by atoms with Crippen molar-refractivity contribution < 1.29 is 4.74 Å². The number of para-hydroxylation sites is 1. The zero-order valence-electron chi connectivity index (χ0n) is 10.2. The molecule has 0 aliphatic carbocycles. The number of anilines is 1. The second-order valence-electron chi connectivity index (χ2n) is 5.28.